The van der Waals surface area contributed by atoms with Crippen LogP contribution < -0.4 is 10.6 Å². The van der Waals surface area contributed by atoms with Crippen molar-refractivity contribution in [2.75, 3.05) is 18.6 Å². The predicted molar refractivity (Wildman–Crippen MR) is 72.2 cm³/mol. The van der Waals surface area contributed by atoms with Crippen LogP contribution in [0.4, 0.5) is 5.95 Å². The highest BCUT2D eigenvalue weighted by molar-refractivity contribution is 7.80. The molecule has 0 atom stereocenters. The van der Waals surface area contributed by atoms with Crippen LogP contribution in [0.2, 0.25) is 0 Å². The summed E-state index contributed by atoms with van der Waals surface area (Å²) in [6.45, 7) is 5.66. The molecular formula is C11H18N4OS. The average Bonchev–Trinajstić information content (AvgIpc) is 2.27. The summed E-state index contributed by atoms with van der Waals surface area (Å²) >= 11 is 4.91. The number of nitrogens with two attached hydrogens (primary N) is 1. The number of thiocarbonyl (C=S) groups is 1. The Morgan fingerprint density at radius 1 is 1.53 bits per heavy atom. The Morgan fingerprint density at radius 3 is 2.59 bits per heavy atom. The van der Waals surface area contributed by atoms with Crippen LogP contribution in [-0.4, -0.2) is 39.3 Å². The van der Waals surface area contributed by atoms with E-state index in [1.54, 1.807) is 6.07 Å². The van der Waals surface area contributed by atoms with Crippen molar-refractivity contribution in [3.8, 4) is 0 Å². The Labute approximate surface area is 107 Å². The second-order valence-corrected chi connectivity index (χ2v) is 5.03. The highest BCUT2D eigenvalue weighted by Gasteiger charge is 2.25. The lowest BCUT2D eigenvalue weighted by Gasteiger charge is -2.34. The Hall–Kier alpha value is -1.27. The highest BCUT2D eigenvalue weighted by Crippen LogP contribution is 2.18. The van der Waals surface area contributed by atoms with Crippen molar-refractivity contribution in [3.63, 3.8) is 0 Å². The van der Waals surface area contributed by atoms with E-state index in [0.29, 0.717) is 11.6 Å². The van der Waals surface area contributed by atoms with Crippen molar-refractivity contribution in [2.45, 2.75) is 26.3 Å². The van der Waals surface area contributed by atoms with Crippen molar-refractivity contribution >= 4 is 23.2 Å². The summed E-state index contributed by atoms with van der Waals surface area (Å²) in [5.41, 5.74) is 6.46. The van der Waals surface area contributed by atoms with Crippen LogP contribution in [0.3, 0.4) is 0 Å². The molecule has 5 nitrogen and oxygen atoms in total. The number of nitrogens with zero attached hydrogens (tertiary/aromatic N) is 3. The van der Waals surface area contributed by atoms with E-state index in [9.17, 15) is 5.11 Å². The highest BCUT2D eigenvalue weighted by atomic mass is 32.1. The molecule has 6 heteroatoms. The van der Waals surface area contributed by atoms with Gasteiger partial charge in [-0.25, -0.2) is 9.97 Å². The minimum absolute atomic E-state index is 0.00318. The fraction of sp³-hybridized carbons (Fsp3) is 0.545. The van der Waals surface area contributed by atoms with Crippen molar-refractivity contribution in [2.24, 2.45) is 5.73 Å². The molecule has 3 N–H and O–H groups in total. The van der Waals surface area contributed by atoms with Gasteiger partial charge in [-0.15, -0.1) is 0 Å². The molecule has 94 valence electrons. The lowest BCUT2D eigenvalue weighted by molar-refractivity contribution is 0.215. The summed E-state index contributed by atoms with van der Waals surface area (Å²) in [5, 5.41) is 9.33. The maximum atomic E-state index is 9.33. The Bertz CT molecular complexity index is 433. The molecule has 0 aliphatic heterocycles. The quantitative estimate of drug-likeness (QED) is 0.768. The van der Waals surface area contributed by atoms with Gasteiger partial charge >= 0.3 is 0 Å². The SMILES string of the molecule is Cc1cc(C(N)=S)nc(N(C)C(C)(C)CO)n1. The van der Waals surface area contributed by atoms with Crippen LogP contribution in [0, 0.1) is 6.92 Å². The molecule has 0 bridgehead atoms. The van der Waals surface area contributed by atoms with Gasteiger partial charge in [-0.05, 0) is 26.8 Å². The largest absolute Gasteiger partial charge is 0.394 e. The van der Waals surface area contributed by atoms with Crippen molar-refractivity contribution < 1.29 is 5.11 Å². The molecule has 0 unspecified atom stereocenters. The van der Waals surface area contributed by atoms with Gasteiger partial charge in [0, 0.05) is 12.7 Å². The number of hydrogen-bond donors (Lipinski definition) is 2. The zero-order valence-electron chi connectivity index (χ0n) is 10.6. The smallest absolute Gasteiger partial charge is 0.226 e. The maximum absolute atomic E-state index is 9.33. The number of hydrogen-bond acceptors (Lipinski definition) is 5. The van der Waals surface area contributed by atoms with E-state index in [4.69, 9.17) is 18.0 Å². The second kappa shape index (κ2) is 4.93. The van der Waals surface area contributed by atoms with E-state index in [1.807, 2.05) is 32.7 Å². The Kier molecular flexibility index (Phi) is 4.00. The number of aromatic nitrogens is 2. The zero-order valence-corrected chi connectivity index (χ0v) is 11.4. The molecule has 0 amide bonds. The van der Waals surface area contributed by atoms with Gasteiger partial charge in [0.2, 0.25) is 5.95 Å². The number of aliphatic hydroxyl groups excluding tert-OH is 1. The van der Waals surface area contributed by atoms with Gasteiger partial charge in [0.25, 0.3) is 0 Å². The van der Waals surface area contributed by atoms with Gasteiger partial charge in [0.15, 0.2) is 0 Å². The Balaban J connectivity index is 3.18. The van der Waals surface area contributed by atoms with E-state index in [1.165, 1.54) is 0 Å². The monoisotopic (exact) mass is 254 g/mol. The van der Waals surface area contributed by atoms with Gasteiger partial charge in [-0.2, -0.15) is 0 Å². The minimum atomic E-state index is -0.443. The van der Waals surface area contributed by atoms with Crippen LogP contribution in [0.25, 0.3) is 0 Å². The first-order valence-corrected chi connectivity index (χ1v) is 5.69. The third-order valence-electron chi connectivity index (χ3n) is 2.69. The van der Waals surface area contributed by atoms with Crippen LogP contribution in [-0.2, 0) is 0 Å². The molecule has 1 heterocycles. The molecule has 17 heavy (non-hydrogen) atoms. The normalized spacial score (nSPS) is 11.4. The fourth-order valence-corrected chi connectivity index (χ4v) is 1.31. The first-order chi connectivity index (χ1) is 7.77. The molecule has 0 fully saturated rings. The topological polar surface area (TPSA) is 75.3 Å². The average molecular weight is 254 g/mol. The van der Waals surface area contributed by atoms with E-state index in [0.717, 1.165) is 5.69 Å². The van der Waals surface area contributed by atoms with Crippen molar-refractivity contribution in [3.05, 3.63) is 17.5 Å². The van der Waals surface area contributed by atoms with E-state index in [-0.39, 0.29) is 11.6 Å². The Morgan fingerprint density at radius 2 is 2.12 bits per heavy atom. The molecule has 0 saturated carbocycles. The van der Waals surface area contributed by atoms with E-state index in [2.05, 4.69) is 9.97 Å². The summed E-state index contributed by atoms with van der Waals surface area (Å²) in [5.74, 6) is 0.506. The number of anilines is 1. The molecule has 0 aliphatic carbocycles. The molecule has 0 aromatic carbocycles. The van der Waals surface area contributed by atoms with E-state index >= 15 is 0 Å². The third-order valence-corrected chi connectivity index (χ3v) is 2.90. The number of rotatable bonds is 4. The second-order valence-electron chi connectivity index (χ2n) is 4.59. The lowest BCUT2D eigenvalue weighted by Crippen LogP contribution is -2.45. The maximum Gasteiger partial charge on any atom is 0.226 e. The van der Waals surface area contributed by atoms with Gasteiger partial charge in [-0.3, -0.25) is 0 Å². The summed E-state index contributed by atoms with van der Waals surface area (Å²) < 4.78 is 0. The van der Waals surface area contributed by atoms with Gasteiger partial charge < -0.3 is 15.7 Å². The molecule has 1 aromatic heterocycles. The van der Waals surface area contributed by atoms with Gasteiger partial charge in [0.05, 0.1) is 12.1 Å². The van der Waals surface area contributed by atoms with E-state index < -0.39 is 5.54 Å². The standard InChI is InChI=1S/C11H18N4OS/c1-7-5-8(9(12)17)14-10(13-7)15(4)11(2,3)6-16/h5,16H,6H2,1-4H3,(H2,12,17). The molecular weight excluding hydrogens is 236 g/mol. The molecule has 1 aromatic rings. The predicted octanol–water partition coefficient (Wildman–Crippen LogP) is 0.626. The van der Waals surface area contributed by atoms with Crippen molar-refractivity contribution in [1.29, 1.82) is 0 Å². The minimum Gasteiger partial charge on any atom is -0.394 e. The fourth-order valence-electron chi connectivity index (χ4n) is 1.21. The summed E-state index contributed by atoms with van der Waals surface area (Å²) in [6, 6.07) is 1.74. The first kappa shape index (κ1) is 13.8. The first-order valence-electron chi connectivity index (χ1n) is 5.28. The molecule has 0 aliphatic rings. The molecule has 0 radical (unpaired) electrons. The molecule has 1 rings (SSSR count). The lowest BCUT2D eigenvalue weighted by atomic mass is 10.1. The van der Waals surface area contributed by atoms with Gasteiger partial charge in [-0.1, -0.05) is 12.2 Å². The van der Waals surface area contributed by atoms with Crippen molar-refractivity contribution in [1.82, 2.24) is 9.97 Å². The summed E-state index contributed by atoms with van der Waals surface area (Å²) in [4.78, 5) is 10.7. The van der Waals surface area contributed by atoms with Crippen LogP contribution in [0.5, 0.6) is 0 Å². The van der Waals surface area contributed by atoms with Crippen LogP contribution >= 0.6 is 12.2 Å². The number of aliphatic hydroxyl groups is 1. The third kappa shape index (κ3) is 3.10. The van der Waals surface area contributed by atoms with Gasteiger partial charge in [0.1, 0.15) is 10.7 Å². The van der Waals surface area contributed by atoms with Crippen LogP contribution in [0.1, 0.15) is 25.2 Å². The molecule has 0 spiro atoms. The number of aryl methyl sites for hydroxylation is 1. The number of likely N-dealkylation sites (N-methyl/N-ethyl adjacent to an activating group) is 1. The zero-order chi connectivity index (χ0) is 13.2. The molecule has 0 saturated heterocycles. The summed E-state index contributed by atoms with van der Waals surface area (Å²) in [6.07, 6.45) is 0. The van der Waals surface area contributed by atoms with Crippen LogP contribution in [0.15, 0.2) is 6.07 Å². The summed E-state index contributed by atoms with van der Waals surface area (Å²) in [7, 11) is 1.83.